The van der Waals surface area contributed by atoms with Crippen LogP contribution in [-0.2, 0) is 6.54 Å². The summed E-state index contributed by atoms with van der Waals surface area (Å²) in [6, 6.07) is 3.45. The van der Waals surface area contributed by atoms with E-state index < -0.39 is 22.2 Å². The first-order valence-corrected chi connectivity index (χ1v) is 5.46. The summed E-state index contributed by atoms with van der Waals surface area (Å²) < 4.78 is 14.0. The average molecular weight is 270 g/mol. The second kappa shape index (κ2) is 4.73. The van der Waals surface area contributed by atoms with Crippen molar-refractivity contribution in [1.29, 1.82) is 0 Å². The summed E-state index contributed by atoms with van der Waals surface area (Å²) in [5, 5.41) is -0.580. The van der Waals surface area contributed by atoms with Crippen molar-refractivity contribution in [2.75, 3.05) is 0 Å². The lowest BCUT2D eigenvalue weighted by atomic mass is 10.2. The minimum atomic E-state index is -1.17. The summed E-state index contributed by atoms with van der Waals surface area (Å²) in [7, 11) is 0. The molecule has 0 unspecified atom stereocenters. The van der Waals surface area contributed by atoms with Crippen LogP contribution >= 0.6 is 11.6 Å². The molecule has 2 aromatic heterocycles. The predicted molar refractivity (Wildman–Crippen MR) is 64.4 cm³/mol. The number of nitrogens with zero attached hydrogens (tertiary/aromatic N) is 2. The maximum atomic E-state index is 13.3. The normalized spacial score (nSPS) is 10.6. The van der Waals surface area contributed by atoms with E-state index >= 15 is 0 Å². The fraction of sp³-hybridized carbons (Fsp3) is 0.182. The molecule has 5 nitrogen and oxygen atoms in total. The van der Waals surface area contributed by atoms with E-state index in [0.717, 1.165) is 10.3 Å². The Morgan fingerprint density at radius 1 is 1.44 bits per heavy atom. The van der Waals surface area contributed by atoms with Gasteiger partial charge in [0.15, 0.2) is 5.15 Å². The molecule has 94 valence electrons. The van der Waals surface area contributed by atoms with E-state index in [1.54, 1.807) is 12.1 Å². The first-order chi connectivity index (χ1) is 8.49. The zero-order chi connectivity index (χ0) is 13.3. The highest BCUT2D eigenvalue weighted by atomic mass is 35.5. The van der Waals surface area contributed by atoms with Crippen molar-refractivity contribution in [1.82, 2.24) is 14.5 Å². The van der Waals surface area contributed by atoms with E-state index in [1.165, 1.54) is 6.20 Å². The van der Waals surface area contributed by atoms with Crippen LogP contribution in [0.3, 0.4) is 0 Å². The fourth-order valence-electron chi connectivity index (χ4n) is 1.44. The Bertz CT molecular complexity index is 691. The molecule has 0 saturated heterocycles. The highest BCUT2D eigenvalue weighted by molar-refractivity contribution is 6.29. The summed E-state index contributed by atoms with van der Waals surface area (Å²) in [5.74, 6) is -1.17. The highest BCUT2D eigenvalue weighted by Gasteiger charge is 2.12. The molecular weight excluding hydrogens is 261 g/mol. The Morgan fingerprint density at radius 3 is 2.78 bits per heavy atom. The molecule has 2 aromatic rings. The van der Waals surface area contributed by atoms with Crippen molar-refractivity contribution in [3.05, 3.63) is 61.4 Å². The third-order valence-electron chi connectivity index (χ3n) is 2.40. The smallest absolute Gasteiger partial charge is 0.295 e. The predicted octanol–water partition coefficient (Wildman–Crippen LogP) is 1.08. The molecule has 0 aliphatic carbocycles. The Morgan fingerprint density at radius 2 is 2.17 bits per heavy atom. The molecule has 0 radical (unpaired) electrons. The fourth-order valence-corrected chi connectivity index (χ4v) is 1.60. The van der Waals surface area contributed by atoms with Gasteiger partial charge in [-0.05, 0) is 18.6 Å². The van der Waals surface area contributed by atoms with Crippen LogP contribution in [-0.4, -0.2) is 14.5 Å². The van der Waals surface area contributed by atoms with Crippen LogP contribution < -0.4 is 11.2 Å². The van der Waals surface area contributed by atoms with E-state index in [-0.39, 0.29) is 6.54 Å². The van der Waals surface area contributed by atoms with Crippen LogP contribution in [0, 0.1) is 12.7 Å². The lowest BCUT2D eigenvalue weighted by Gasteiger charge is -2.05. The number of aryl methyl sites for hydroxylation is 1. The Kier molecular flexibility index (Phi) is 3.29. The second-order valence-corrected chi connectivity index (χ2v) is 4.14. The number of halogens is 2. The molecule has 1 N–H and O–H groups in total. The molecule has 0 bridgehead atoms. The summed E-state index contributed by atoms with van der Waals surface area (Å²) in [6.07, 6.45) is 1.52. The van der Waals surface area contributed by atoms with Crippen molar-refractivity contribution in [3.8, 4) is 0 Å². The minimum absolute atomic E-state index is 0.0600. The summed E-state index contributed by atoms with van der Waals surface area (Å²) in [4.78, 5) is 29.1. The molecule has 0 aliphatic heterocycles. The lowest BCUT2D eigenvalue weighted by molar-refractivity contribution is 0.557. The van der Waals surface area contributed by atoms with E-state index in [1.807, 2.05) is 6.92 Å². The maximum absolute atomic E-state index is 13.3. The molecule has 0 amide bonds. The van der Waals surface area contributed by atoms with Gasteiger partial charge in [0, 0.05) is 11.9 Å². The summed E-state index contributed by atoms with van der Waals surface area (Å²) in [6.45, 7) is 1.75. The lowest BCUT2D eigenvalue weighted by Crippen LogP contribution is -2.37. The molecule has 0 atom stereocenters. The van der Waals surface area contributed by atoms with Gasteiger partial charge in [0.05, 0.1) is 6.54 Å². The van der Waals surface area contributed by atoms with Crippen LogP contribution in [0.15, 0.2) is 27.9 Å². The van der Waals surface area contributed by atoms with Gasteiger partial charge in [-0.25, -0.2) is 4.79 Å². The van der Waals surface area contributed by atoms with E-state index in [9.17, 15) is 14.0 Å². The molecule has 0 aliphatic rings. The van der Waals surface area contributed by atoms with Gasteiger partial charge >= 0.3 is 5.69 Å². The van der Waals surface area contributed by atoms with Crippen LogP contribution in [0.1, 0.15) is 11.3 Å². The minimum Gasteiger partial charge on any atom is -0.295 e. The summed E-state index contributed by atoms with van der Waals surface area (Å²) in [5.41, 5.74) is -0.381. The van der Waals surface area contributed by atoms with Crippen molar-refractivity contribution < 1.29 is 4.39 Å². The van der Waals surface area contributed by atoms with Gasteiger partial charge in [0.1, 0.15) is 0 Å². The third-order valence-corrected chi connectivity index (χ3v) is 2.66. The van der Waals surface area contributed by atoms with E-state index in [2.05, 4.69) is 9.97 Å². The van der Waals surface area contributed by atoms with Gasteiger partial charge in [0.2, 0.25) is 5.82 Å². The van der Waals surface area contributed by atoms with Crippen molar-refractivity contribution in [2.45, 2.75) is 13.5 Å². The first-order valence-electron chi connectivity index (χ1n) is 5.08. The Labute approximate surface area is 106 Å². The molecular formula is C11H9ClFN3O2. The van der Waals surface area contributed by atoms with Gasteiger partial charge in [-0.1, -0.05) is 17.7 Å². The van der Waals surface area contributed by atoms with Crippen LogP contribution in [0.25, 0.3) is 0 Å². The third kappa shape index (κ3) is 2.33. The van der Waals surface area contributed by atoms with Gasteiger partial charge in [-0.15, -0.1) is 0 Å². The Hall–Kier alpha value is -1.95. The van der Waals surface area contributed by atoms with Crippen LogP contribution in [0.4, 0.5) is 4.39 Å². The number of nitrogens with one attached hydrogen (secondary N) is 1. The number of hydrogen-bond acceptors (Lipinski definition) is 3. The van der Waals surface area contributed by atoms with Crippen LogP contribution in [0.2, 0.25) is 5.15 Å². The number of hydrogen-bond donors (Lipinski definition) is 1. The maximum Gasteiger partial charge on any atom is 0.329 e. The molecule has 2 heterocycles. The number of aromatic amines is 1. The highest BCUT2D eigenvalue weighted by Crippen LogP contribution is 2.04. The van der Waals surface area contributed by atoms with Crippen molar-refractivity contribution >= 4 is 11.6 Å². The van der Waals surface area contributed by atoms with E-state index in [0.29, 0.717) is 5.56 Å². The number of rotatable bonds is 2. The molecule has 2 rings (SSSR count). The molecule has 18 heavy (non-hydrogen) atoms. The Balaban J connectivity index is 2.47. The number of pyridine rings is 1. The topological polar surface area (TPSA) is 67.8 Å². The zero-order valence-electron chi connectivity index (χ0n) is 9.41. The molecule has 0 saturated carbocycles. The van der Waals surface area contributed by atoms with Gasteiger partial charge in [-0.2, -0.15) is 4.39 Å². The standard InChI is InChI=1S/C11H9ClFN3O2/c1-6-2-3-7(4-14-6)5-16-10(17)8(13)9(12)15-11(16)18/h2-4H,5H2,1H3,(H,15,18). The molecule has 7 heteroatoms. The monoisotopic (exact) mass is 269 g/mol. The molecule has 0 aromatic carbocycles. The average Bonchev–Trinajstić information content (AvgIpc) is 2.34. The zero-order valence-corrected chi connectivity index (χ0v) is 10.2. The molecule has 0 fully saturated rings. The van der Waals surface area contributed by atoms with Gasteiger partial charge in [-0.3, -0.25) is 19.3 Å². The summed E-state index contributed by atoms with van der Waals surface area (Å²) >= 11 is 5.36. The quantitative estimate of drug-likeness (QED) is 0.830. The van der Waals surface area contributed by atoms with Gasteiger partial charge < -0.3 is 0 Å². The largest absolute Gasteiger partial charge is 0.329 e. The number of aromatic nitrogens is 3. The van der Waals surface area contributed by atoms with Crippen molar-refractivity contribution in [3.63, 3.8) is 0 Å². The molecule has 0 spiro atoms. The first kappa shape index (κ1) is 12.5. The van der Waals surface area contributed by atoms with E-state index in [4.69, 9.17) is 11.6 Å². The SMILES string of the molecule is Cc1ccc(Cn2c(=O)[nH]c(Cl)c(F)c2=O)cn1. The second-order valence-electron chi connectivity index (χ2n) is 3.76. The van der Waals surface area contributed by atoms with Crippen molar-refractivity contribution in [2.24, 2.45) is 0 Å². The number of H-pyrrole nitrogens is 1. The van der Waals surface area contributed by atoms with Crippen LogP contribution in [0.5, 0.6) is 0 Å². The van der Waals surface area contributed by atoms with Gasteiger partial charge in [0.25, 0.3) is 5.56 Å².